The minimum atomic E-state index is 0.149. The van der Waals surface area contributed by atoms with Crippen molar-refractivity contribution >= 4 is 0 Å². The third-order valence-corrected chi connectivity index (χ3v) is 3.64. The lowest BCUT2D eigenvalue weighted by Crippen LogP contribution is -2.23. The molecule has 1 atom stereocenters. The summed E-state index contributed by atoms with van der Waals surface area (Å²) >= 11 is 0. The molecule has 1 aromatic carbocycles. The molecule has 2 aromatic rings. The van der Waals surface area contributed by atoms with Crippen molar-refractivity contribution in [3.05, 3.63) is 41.7 Å². The highest BCUT2D eigenvalue weighted by atomic mass is 16.5. The number of rotatable bonds is 7. The molecule has 1 unspecified atom stereocenters. The molecule has 0 aliphatic heterocycles. The van der Waals surface area contributed by atoms with Crippen LogP contribution >= 0.6 is 0 Å². The maximum atomic E-state index is 5.44. The van der Waals surface area contributed by atoms with Crippen LogP contribution in [0.2, 0.25) is 0 Å². The minimum absolute atomic E-state index is 0.149. The highest BCUT2D eigenvalue weighted by molar-refractivity contribution is 5.32. The van der Waals surface area contributed by atoms with Gasteiger partial charge in [-0.15, -0.1) is 0 Å². The second-order valence-electron chi connectivity index (χ2n) is 4.81. The number of nitrogens with one attached hydrogen (secondary N) is 1. The van der Waals surface area contributed by atoms with Gasteiger partial charge in [0.05, 0.1) is 32.2 Å². The molecule has 2 rings (SSSR count). The number of ether oxygens (including phenoxy) is 2. The molecule has 0 saturated heterocycles. The number of methoxy groups -OCH3 is 2. The number of hydrogen-bond acceptors (Lipinski definition) is 4. The first-order chi connectivity index (χ1) is 10.2. The Morgan fingerprint density at radius 1 is 1.19 bits per heavy atom. The van der Waals surface area contributed by atoms with Crippen molar-refractivity contribution in [2.75, 3.05) is 21.3 Å². The molecule has 0 aliphatic rings. The van der Waals surface area contributed by atoms with Crippen LogP contribution < -0.4 is 14.8 Å². The largest absolute Gasteiger partial charge is 0.497 e. The van der Waals surface area contributed by atoms with Gasteiger partial charge in [-0.25, -0.2) is 0 Å². The molecule has 0 saturated carbocycles. The van der Waals surface area contributed by atoms with Crippen molar-refractivity contribution in [2.24, 2.45) is 0 Å². The van der Waals surface area contributed by atoms with Crippen molar-refractivity contribution in [3.63, 3.8) is 0 Å². The van der Waals surface area contributed by atoms with Crippen molar-refractivity contribution in [2.45, 2.75) is 25.9 Å². The standard InChI is InChI=1S/C16H23N3O2/c1-5-19-16(15(21-4)11-18-19)14(17-2)10-12-6-8-13(20-3)9-7-12/h6-9,11,14,17H,5,10H2,1-4H3. The summed E-state index contributed by atoms with van der Waals surface area (Å²) in [7, 11) is 5.32. The van der Waals surface area contributed by atoms with Crippen molar-refractivity contribution < 1.29 is 9.47 Å². The van der Waals surface area contributed by atoms with Gasteiger partial charge in [0.15, 0.2) is 5.75 Å². The van der Waals surface area contributed by atoms with Crippen molar-refractivity contribution in [1.82, 2.24) is 15.1 Å². The fourth-order valence-electron chi connectivity index (χ4n) is 2.47. The van der Waals surface area contributed by atoms with Gasteiger partial charge >= 0.3 is 0 Å². The van der Waals surface area contributed by atoms with Gasteiger partial charge in [-0.05, 0) is 38.1 Å². The van der Waals surface area contributed by atoms with E-state index in [1.54, 1.807) is 20.4 Å². The second-order valence-corrected chi connectivity index (χ2v) is 4.81. The number of hydrogen-bond donors (Lipinski definition) is 1. The highest BCUT2D eigenvalue weighted by Gasteiger charge is 2.20. The quantitative estimate of drug-likeness (QED) is 0.850. The molecule has 1 heterocycles. The highest BCUT2D eigenvalue weighted by Crippen LogP contribution is 2.27. The lowest BCUT2D eigenvalue weighted by molar-refractivity contribution is 0.394. The van der Waals surface area contributed by atoms with Crippen LogP contribution in [0.25, 0.3) is 0 Å². The van der Waals surface area contributed by atoms with Gasteiger partial charge < -0.3 is 14.8 Å². The SMILES string of the molecule is CCn1ncc(OC)c1C(Cc1ccc(OC)cc1)NC. The van der Waals surface area contributed by atoms with E-state index in [0.717, 1.165) is 30.2 Å². The average molecular weight is 289 g/mol. The Morgan fingerprint density at radius 2 is 1.90 bits per heavy atom. The molecule has 1 aromatic heterocycles. The predicted octanol–water partition coefficient (Wildman–Crippen LogP) is 2.42. The average Bonchev–Trinajstić information content (AvgIpc) is 2.96. The summed E-state index contributed by atoms with van der Waals surface area (Å²) in [4.78, 5) is 0. The fourth-order valence-corrected chi connectivity index (χ4v) is 2.47. The smallest absolute Gasteiger partial charge is 0.161 e. The van der Waals surface area contributed by atoms with Crippen LogP contribution in [0.5, 0.6) is 11.5 Å². The maximum absolute atomic E-state index is 5.44. The van der Waals surface area contributed by atoms with Gasteiger partial charge in [0.1, 0.15) is 5.75 Å². The zero-order chi connectivity index (χ0) is 15.2. The molecule has 5 heteroatoms. The summed E-state index contributed by atoms with van der Waals surface area (Å²) in [5.41, 5.74) is 2.32. The topological polar surface area (TPSA) is 48.3 Å². The van der Waals surface area contributed by atoms with E-state index in [9.17, 15) is 0 Å². The lowest BCUT2D eigenvalue weighted by Gasteiger charge is -2.19. The van der Waals surface area contributed by atoms with E-state index in [4.69, 9.17) is 9.47 Å². The number of aryl methyl sites for hydroxylation is 1. The van der Waals surface area contributed by atoms with Gasteiger partial charge in [-0.1, -0.05) is 12.1 Å². The summed E-state index contributed by atoms with van der Waals surface area (Å²) in [5.74, 6) is 1.70. The van der Waals surface area contributed by atoms with Crippen LogP contribution in [0, 0.1) is 0 Å². The van der Waals surface area contributed by atoms with E-state index >= 15 is 0 Å². The van der Waals surface area contributed by atoms with Gasteiger partial charge in [0.2, 0.25) is 0 Å². The monoisotopic (exact) mass is 289 g/mol. The first-order valence-electron chi connectivity index (χ1n) is 7.13. The normalized spacial score (nSPS) is 12.2. The Hall–Kier alpha value is -2.01. The number of benzene rings is 1. The molecular formula is C16H23N3O2. The fraction of sp³-hybridized carbons (Fsp3) is 0.438. The van der Waals surface area contributed by atoms with E-state index in [2.05, 4.69) is 29.5 Å². The Labute approximate surface area is 125 Å². The van der Waals surface area contributed by atoms with Crippen LogP contribution in [0.3, 0.4) is 0 Å². The summed E-state index contributed by atoms with van der Waals surface area (Å²) in [6.07, 6.45) is 2.64. The van der Waals surface area contributed by atoms with E-state index < -0.39 is 0 Å². The van der Waals surface area contributed by atoms with E-state index in [1.165, 1.54) is 5.56 Å². The molecule has 1 N–H and O–H groups in total. The van der Waals surface area contributed by atoms with Crippen LogP contribution in [-0.4, -0.2) is 31.0 Å². The molecule has 0 fully saturated rings. The van der Waals surface area contributed by atoms with Gasteiger partial charge in [0.25, 0.3) is 0 Å². The summed E-state index contributed by atoms with van der Waals surface area (Å²) in [6, 6.07) is 8.29. The molecule has 114 valence electrons. The molecule has 0 spiro atoms. The van der Waals surface area contributed by atoms with Crippen LogP contribution in [0.15, 0.2) is 30.5 Å². The number of nitrogens with zero attached hydrogens (tertiary/aromatic N) is 2. The Bertz CT molecular complexity index is 542. The zero-order valence-electron chi connectivity index (χ0n) is 13.1. The number of likely N-dealkylation sites (N-methyl/N-ethyl adjacent to an activating group) is 1. The van der Waals surface area contributed by atoms with Gasteiger partial charge in [-0.2, -0.15) is 5.10 Å². The predicted molar refractivity (Wildman–Crippen MR) is 83.0 cm³/mol. The van der Waals surface area contributed by atoms with Crippen molar-refractivity contribution in [3.8, 4) is 11.5 Å². The molecule has 0 radical (unpaired) electrons. The molecular weight excluding hydrogens is 266 g/mol. The zero-order valence-corrected chi connectivity index (χ0v) is 13.1. The lowest BCUT2D eigenvalue weighted by atomic mass is 10.0. The molecule has 0 aliphatic carbocycles. The summed E-state index contributed by atoms with van der Waals surface area (Å²) in [5, 5.41) is 7.73. The molecule has 0 amide bonds. The molecule has 5 nitrogen and oxygen atoms in total. The summed E-state index contributed by atoms with van der Waals surface area (Å²) < 4.78 is 12.6. The second kappa shape index (κ2) is 7.13. The van der Waals surface area contributed by atoms with E-state index in [1.807, 2.05) is 23.9 Å². The first-order valence-corrected chi connectivity index (χ1v) is 7.13. The van der Waals surface area contributed by atoms with Gasteiger partial charge in [0, 0.05) is 6.54 Å². The Kier molecular flexibility index (Phi) is 5.22. The van der Waals surface area contributed by atoms with E-state index in [-0.39, 0.29) is 6.04 Å². The summed E-state index contributed by atoms with van der Waals surface area (Å²) in [6.45, 7) is 2.90. The molecule has 21 heavy (non-hydrogen) atoms. The molecule has 0 bridgehead atoms. The third kappa shape index (κ3) is 3.36. The van der Waals surface area contributed by atoms with Crippen LogP contribution in [0.4, 0.5) is 0 Å². The minimum Gasteiger partial charge on any atom is -0.497 e. The van der Waals surface area contributed by atoms with Crippen LogP contribution in [-0.2, 0) is 13.0 Å². The van der Waals surface area contributed by atoms with Crippen molar-refractivity contribution in [1.29, 1.82) is 0 Å². The van der Waals surface area contributed by atoms with E-state index in [0.29, 0.717) is 0 Å². The van der Waals surface area contributed by atoms with Crippen LogP contribution in [0.1, 0.15) is 24.2 Å². The first kappa shape index (κ1) is 15.4. The van der Waals surface area contributed by atoms with Gasteiger partial charge in [-0.3, -0.25) is 4.68 Å². The third-order valence-electron chi connectivity index (χ3n) is 3.64. The Morgan fingerprint density at radius 3 is 2.43 bits per heavy atom. The maximum Gasteiger partial charge on any atom is 0.161 e. The Balaban J connectivity index is 2.24. The number of aromatic nitrogens is 2.